The third-order valence-corrected chi connectivity index (χ3v) is 3.07. The summed E-state index contributed by atoms with van der Waals surface area (Å²) in [4.78, 5) is 17.3. The average Bonchev–Trinajstić information content (AvgIpc) is 3.14. The van der Waals surface area contributed by atoms with Crippen LogP contribution < -0.4 is 11.1 Å². The van der Waals surface area contributed by atoms with Crippen LogP contribution in [-0.2, 0) is 0 Å². The van der Waals surface area contributed by atoms with Crippen molar-refractivity contribution in [3.63, 3.8) is 0 Å². The van der Waals surface area contributed by atoms with E-state index in [4.69, 9.17) is 10.8 Å². The Kier molecular flexibility index (Phi) is 3.66. The molecule has 0 unspecified atom stereocenters. The Labute approximate surface area is 106 Å². The minimum absolute atomic E-state index is 0.115. The number of pyridine rings is 1. The number of nitrogens with zero attached hydrogens (tertiary/aromatic N) is 2. The number of aromatic nitrogens is 1. The predicted molar refractivity (Wildman–Crippen MR) is 69.8 cm³/mol. The molecule has 4 N–H and O–H groups in total. The van der Waals surface area contributed by atoms with E-state index in [2.05, 4.69) is 22.2 Å². The first-order valence-corrected chi connectivity index (χ1v) is 6.01. The molecule has 1 saturated carbocycles. The van der Waals surface area contributed by atoms with Gasteiger partial charge >= 0.3 is 5.97 Å². The van der Waals surface area contributed by atoms with Gasteiger partial charge in [-0.3, -0.25) is 0 Å². The van der Waals surface area contributed by atoms with Crippen molar-refractivity contribution in [3.05, 3.63) is 17.8 Å². The lowest BCUT2D eigenvalue weighted by molar-refractivity contribution is 0.0697. The standard InChI is InChI=1S/C12H18N4O2/c1-16(9-2-3-9)5-4-14-11-10(12(17)18)6-8(13)7-15-11/h6-7,9H,2-5,13H2,1H3,(H,14,15)(H,17,18). The molecule has 6 heteroatoms. The summed E-state index contributed by atoms with van der Waals surface area (Å²) in [6, 6.07) is 2.12. The number of anilines is 2. The molecule has 1 aromatic rings. The molecule has 1 aromatic heterocycles. The van der Waals surface area contributed by atoms with Gasteiger partial charge in [0.25, 0.3) is 0 Å². The van der Waals surface area contributed by atoms with Gasteiger partial charge in [-0.05, 0) is 26.0 Å². The summed E-state index contributed by atoms with van der Waals surface area (Å²) in [5.41, 5.74) is 6.00. The van der Waals surface area contributed by atoms with E-state index in [0.29, 0.717) is 24.1 Å². The highest BCUT2D eigenvalue weighted by Gasteiger charge is 2.25. The minimum Gasteiger partial charge on any atom is -0.478 e. The molecule has 0 amide bonds. The first-order valence-electron chi connectivity index (χ1n) is 6.01. The molecular formula is C12H18N4O2. The van der Waals surface area contributed by atoms with Gasteiger partial charge in [-0.25, -0.2) is 9.78 Å². The van der Waals surface area contributed by atoms with Gasteiger partial charge in [0.15, 0.2) is 0 Å². The molecular weight excluding hydrogens is 232 g/mol. The van der Waals surface area contributed by atoms with Crippen molar-refractivity contribution in [2.45, 2.75) is 18.9 Å². The highest BCUT2D eigenvalue weighted by molar-refractivity contribution is 5.94. The number of aromatic carboxylic acids is 1. The number of carboxylic acids is 1. The van der Waals surface area contributed by atoms with Crippen LogP contribution in [0.2, 0.25) is 0 Å². The third-order valence-electron chi connectivity index (χ3n) is 3.07. The monoisotopic (exact) mass is 250 g/mol. The number of hydrogen-bond acceptors (Lipinski definition) is 5. The smallest absolute Gasteiger partial charge is 0.339 e. The Morgan fingerprint density at radius 1 is 1.67 bits per heavy atom. The second kappa shape index (κ2) is 5.22. The fraction of sp³-hybridized carbons (Fsp3) is 0.500. The van der Waals surface area contributed by atoms with E-state index in [0.717, 1.165) is 6.54 Å². The number of nitrogens with one attached hydrogen (secondary N) is 1. The van der Waals surface area contributed by atoms with E-state index in [1.165, 1.54) is 25.1 Å². The van der Waals surface area contributed by atoms with E-state index in [1.54, 1.807) is 0 Å². The molecule has 0 spiro atoms. The van der Waals surface area contributed by atoms with Crippen LogP contribution in [0.25, 0.3) is 0 Å². The number of carbonyl (C=O) groups is 1. The lowest BCUT2D eigenvalue weighted by atomic mass is 10.2. The van der Waals surface area contributed by atoms with E-state index < -0.39 is 5.97 Å². The van der Waals surface area contributed by atoms with Crippen molar-refractivity contribution >= 4 is 17.5 Å². The van der Waals surface area contributed by atoms with Gasteiger partial charge in [0, 0.05) is 19.1 Å². The first kappa shape index (κ1) is 12.6. The number of hydrogen-bond donors (Lipinski definition) is 3. The van der Waals surface area contributed by atoms with Crippen molar-refractivity contribution in [1.82, 2.24) is 9.88 Å². The summed E-state index contributed by atoms with van der Waals surface area (Å²) in [6.07, 6.45) is 3.98. The van der Waals surface area contributed by atoms with Crippen LogP contribution in [0.15, 0.2) is 12.3 Å². The summed E-state index contributed by atoms with van der Waals surface area (Å²) in [7, 11) is 2.08. The summed E-state index contributed by atoms with van der Waals surface area (Å²) < 4.78 is 0. The van der Waals surface area contributed by atoms with Crippen LogP contribution in [0.5, 0.6) is 0 Å². The second-order valence-corrected chi connectivity index (χ2v) is 4.61. The van der Waals surface area contributed by atoms with Gasteiger partial charge in [0.05, 0.1) is 11.9 Å². The summed E-state index contributed by atoms with van der Waals surface area (Å²) in [6.45, 7) is 1.54. The molecule has 0 bridgehead atoms. The third kappa shape index (κ3) is 3.10. The molecule has 1 heterocycles. The lowest BCUT2D eigenvalue weighted by Gasteiger charge is -2.16. The van der Waals surface area contributed by atoms with Gasteiger partial charge in [-0.1, -0.05) is 0 Å². The van der Waals surface area contributed by atoms with Gasteiger partial charge in [-0.2, -0.15) is 0 Å². The molecule has 1 fully saturated rings. The molecule has 18 heavy (non-hydrogen) atoms. The Bertz CT molecular complexity index is 446. The van der Waals surface area contributed by atoms with Crippen molar-refractivity contribution in [3.8, 4) is 0 Å². The zero-order valence-electron chi connectivity index (χ0n) is 10.4. The highest BCUT2D eigenvalue weighted by atomic mass is 16.4. The van der Waals surface area contributed by atoms with Gasteiger partial charge in [-0.15, -0.1) is 0 Å². The molecule has 1 aliphatic rings. The Morgan fingerprint density at radius 3 is 3.00 bits per heavy atom. The highest BCUT2D eigenvalue weighted by Crippen LogP contribution is 2.24. The SMILES string of the molecule is CN(CCNc1ncc(N)cc1C(=O)O)C1CC1. The van der Waals surface area contributed by atoms with Crippen molar-refractivity contribution in [1.29, 1.82) is 0 Å². The normalized spacial score (nSPS) is 14.8. The molecule has 0 aromatic carbocycles. The van der Waals surface area contributed by atoms with Crippen molar-refractivity contribution in [2.75, 3.05) is 31.2 Å². The Hall–Kier alpha value is -1.82. The molecule has 98 valence electrons. The topological polar surface area (TPSA) is 91.5 Å². The Morgan fingerprint density at radius 2 is 2.39 bits per heavy atom. The number of likely N-dealkylation sites (N-methyl/N-ethyl adjacent to an activating group) is 1. The molecule has 0 aliphatic heterocycles. The van der Waals surface area contributed by atoms with Crippen LogP contribution in [0, 0.1) is 0 Å². The molecule has 0 atom stereocenters. The van der Waals surface area contributed by atoms with E-state index >= 15 is 0 Å². The quantitative estimate of drug-likeness (QED) is 0.694. The summed E-state index contributed by atoms with van der Waals surface area (Å²) in [5, 5.41) is 12.1. The molecule has 0 radical (unpaired) electrons. The van der Waals surface area contributed by atoms with Gasteiger partial charge in [0.2, 0.25) is 0 Å². The Balaban J connectivity index is 1.93. The van der Waals surface area contributed by atoms with Crippen LogP contribution in [0.1, 0.15) is 23.2 Å². The number of nitrogens with two attached hydrogens (primary N) is 1. The second-order valence-electron chi connectivity index (χ2n) is 4.61. The first-order chi connectivity index (χ1) is 8.58. The van der Waals surface area contributed by atoms with Crippen LogP contribution >= 0.6 is 0 Å². The van der Waals surface area contributed by atoms with E-state index in [-0.39, 0.29) is 5.56 Å². The number of rotatable bonds is 6. The van der Waals surface area contributed by atoms with Gasteiger partial charge in [0.1, 0.15) is 11.4 Å². The maximum atomic E-state index is 11.0. The fourth-order valence-corrected chi connectivity index (χ4v) is 1.83. The largest absolute Gasteiger partial charge is 0.478 e. The zero-order chi connectivity index (χ0) is 13.1. The van der Waals surface area contributed by atoms with E-state index in [1.807, 2.05) is 0 Å². The van der Waals surface area contributed by atoms with E-state index in [9.17, 15) is 4.79 Å². The summed E-state index contributed by atoms with van der Waals surface area (Å²) in [5.74, 6) is -0.645. The lowest BCUT2D eigenvalue weighted by Crippen LogP contribution is -2.27. The number of carboxylic acid groups (broad SMARTS) is 1. The fourth-order valence-electron chi connectivity index (χ4n) is 1.83. The molecule has 6 nitrogen and oxygen atoms in total. The minimum atomic E-state index is -1.02. The molecule has 0 saturated heterocycles. The maximum Gasteiger partial charge on any atom is 0.339 e. The average molecular weight is 250 g/mol. The van der Waals surface area contributed by atoms with Crippen LogP contribution in [0.4, 0.5) is 11.5 Å². The van der Waals surface area contributed by atoms with Crippen molar-refractivity contribution in [2.24, 2.45) is 0 Å². The molecule has 1 aliphatic carbocycles. The number of nitrogen functional groups attached to an aromatic ring is 1. The zero-order valence-corrected chi connectivity index (χ0v) is 10.4. The van der Waals surface area contributed by atoms with Crippen molar-refractivity contribution < 1.29 is 9.90 Å². The van der Waals surface area contributed by atoms with Crippen LogP contribution in [0.3, 0.4) is 0 Å². The van der Waals surface area contributed by atoms with Crippen LogP contribution in [-0.4, -0.2) is 47.1 Å². The molecule has 2 rings (SSSR count). The van der Waals surface area contributed by atoms with Gasteiger partial charge < -0.3 is 21.1 Å². The maximum absolute atomic E-state index is 11.0. The predicted octanol–water partition coefficient (Wildman–Crippen LogP) is 0.868. The summed E-state index contributed by atoms with van der Waals surface area (Å²) >= 11 is 0.